The molecule has 2 aliphatic rings. The van der Waals surface area contributed by atoms with Crippen LogP contribution in [-0.4, -0.2) is 62.9 Å². The van der Waals surface area contributed by atoms with Crippen LogP contribution in [0.1, 0.15) is 13.3 Å². The first-order valence-electron chi connectivity index (χ1n) is 8.18. The van der Waals surface area contributed by atoms with Crippen LogP contribution in [0.25, 0.3) is 0 Å². The molecule has 0 amide bonds. The third-order valence-corrected chi connectivity index (χ3v) is 4.68. The molecule has 1 aromatic rings. The van der Waals surface area contributed by atoms with E-state index in [4.69, 9.17) is 4.74 Å². The Labute approximate surface area is 128 Å². The fourth-order valence-corrected chi connectivity index (χ4v) is 3.39. The SMILES string of the molecule is CC(CC1COCCN1)N1CCN(c2ccccc2)CC1. The number of para-hydroxylation sites is 1. The Kier molecular flexibility index (Phi) is 5.12. The normalized spacial score (nSPS) is 25.8. The number of anilines is 1. The summed E-state index contributed by atoms with van der Waals surface area (Å²) in [7, 11) is 0. The van der Waals surface area contributed by atoms with Gasteiger partial charge in [-0.05, 0) is 25.5 Å². The van der Waals surface area contributed by atoms with Gasteiger partial charge in [0.1, 0.15) is 0 Å². The number of nitrogens with zero attached hydrogens (tertiary/aromatic N) is 2. The molecule has 116 valence electrons. The Morgan fingerprint density at radius 1 is 1.19 bits per heavy atom. The van der Waals surface area contributed by atoms with E-state index in [0.29, 0.717) is 12.1 Å². The van der Waals surface area contributed by atoms with Gasteiger partial charge in [0.15, 0.2) is 0 Å². The second-order valence-corrected chi connectivity index (χ2v) is 6.17. The summed E-state index contributed by atoms with van der Waals surface area (Å²) in [5.41, 5.74) is 1.35. The lowest BCUT2D eigenvalue weighted by Crippen LogP contribution is -2.52. The minimum Gasteiger partial charge on any atom is -0.379 e. The number of piperazine rings is 1. The summed E-state index contributed by atoms with van der Waals surface area (Å²) >= 11 is 0. The fraction of sp³-hybridized carbons (Fsp3) is 0.647. The standard InChI is InChI=1S/C17H27N3O/c1-15(13-16-14-21-12-7-18-16)19-8-10-20(11-9-19)17-5-3-2-4-6-17/h2-6,15-16,18H,7-14H2,1H3. The summed E-state index contributed by atoms with van der Waals surface area (Å²) in [5, 5.41) is 3.56. The van der Waals surface area contributed by atoms with Crippen molar-refractivity contribution < 1.29 is 4.74 Å². The first-order chi connectivity index (χ1) is 10.3. The van der Waals surface area contributed by atoms with Crippen molar-refractivity contribution in [1.29, 1.82) is 0 Å². The smallest absolute Gasteiger partial charge is 0.0620 e. The first kappa shape index (κ1) is 14.8. The van der Waals surface area contributed by atoms with E-state index in [9.17, 15) is 0 Å². The summed E-state index contributed by atoms with van der Waals surface area (Å²) in [6.07, 6.45) is 1.19. The van der Waals surface area contributed by atoms with E-state index in [1.54, 1.807) is 0 Å². The maximum atomic E-state index is 5.56. The van der Waals surface area contributed by atoms with Crippen LogP contribution in [0.4, 0.5) is 5.69 Å². The van der Waals surface area contributed by atoms with Crippen molar-refractivity contribution >= 4 is 5.69 Å². The van der Waals surface area contributed by atoms with Gasteiger partial charge in [0.2, 0.25) is 0 Å². The lowest BCUT2D eigenvalue weighted by atomic mass is 10.1. The molecular formula is C17H27N3O. The maximum absolute atomic E-state index is 5.56. The van der Waals surface area contributed by atoms with Gasteiger partial charge in [-0.1, -0.05) is 18.2 Å². The van der Waals surface area contributed by atoms with Crippen molar-refractivity contribution in [3.8, 4) is 0 Å². The van der Waals surface area contributed by atoms with Gasteiger partial charge in [0.25, 0.3) is 0 Å². The van der Waals surface area contributed by atoms with Gasteiger partial charge in [-0.3, -0.25) is 4.90 Å². The third-order valence-electron chi connectivity index (χ3n) is 4.68. The quantitative estimate of drug-likeness (QED) is 0.911. The minimum absolute atomic E-state index is 0.529. The van der Waals surface area contributed by atoms with E-state index in [1.165, 1.54) is 12.1 Å². The van der Waals surface area contributed by atoms with Crippen molar-refractivity contribution in [3.63, 3.8) is 0 Å². The number of benzene rings is 1. The van der Waals surface area contributed by atoms with Gasteiger partial charge in [-0.25, -0.2) is 0 Å². The van der Waals surface area contributed by atoms with Crippen LogP contribution in [-0.2, 0) is 4.74 Å². The molecule has 1 N–H and O–H groups in total. The largest absolute Gasteiger partial charge is 0.379 e. The van der Waals surface area contributed by atoms with Crippen molar-refractivity contribution in [2.75, 3.05) is 50.8 Å². The molecule has 4 heteroatoms. The van der Waals surface area contributed by atoms with E-state index >= 15 is 0 Å². The monoisotopic (exact) mass is 289 g/mol. The Morgan fingerprint density at radius 3 is 2.62 bits per heavy atom. The van der Waals surface area contributed by atoms with Crippen molar-refractivity contribution in [2.45, 2.75) is 25.4 Å². The second kappa shape index (κ2) is 7.25. The zero-order valence-electron chi connectivity index (χ0n) is 13.0. The molecule has 1 aromatic carbocycles. The highest BCUT2D eigenvalue weighted by Gasteiger charge is 2.24. The zero-order valence-corrected chi connectivity index (χ0v) is 13.0. The number of morpholine rings is 1. The van der Waals surface area contributed by atoms with E-state index in [-0.39, 0.29) is 0 Å². The lowest BCUT2D eigenvalue weighted by molar-refractivity contribution is 0.0611. The molecule has 4 nitrogen and oxygen atoms in total. The molecule has 21 heavy (non-hydrogen) atoms. The van der Waals surface area contributed by atoms with E-state index in [1.807, 2.05) is 0 Å². The highest BCUT2D eigenvalue weighted by atomic mass is 16.5. The molecule has 0 aliphatic carbocycles. The molecule has 0 aromatic heterocycles. The molecule has 2 atom stereocenters. The number of hydrogen-bond donors (Lipinski definition) is 1. The average molecular weight is 289 g/mol. The molecule has 2 unspecified atom stereocenters. The summed E-state index contributed by atoms with van der Waals surface area (Å²) in [4.78, 5) is 5.11. The van der Waals surface area contributed by atoms with Crippen molar-refractivity contribution in [2.24, 2.45) is 0 Å². The first-order valence-corrected chi connectivity index (χ1v) is 8.18. The predicted octanol–water partition coefficient (Wildman–Crippen LogP) is 1.58. The number of rotatable bonds is 4. The predicted molar refractivity (Wildman–Crippen MR) is 86.9 cm³/mol. The van der Waals surface area contributed by atoms with Crippen LogP contribution < -0.4 is 10.2 Å². The zero-order chi connectivity index (χ0) is 14.5. The number of ether oxygens (including phenoxy) is 1. The molecule has 2 fully saturated rings. The average Bonchev–Trinajstić information content (AvgIpc) is 2.57. The van der Waals surface area contributed by atoms with E-state index in [2.05, 4.69) is 52.4 Å². The van der Waals surface area contributed by atoms with Gasteiger partial charge >= 0.3 is 0 Å². The highest BCUT2D eigenvalue weighted by molar-refractivity contribution is 5.46. The van der Waals surface area contributed by atoms with Crippen LogP contribution in [0, 0.1) is 0 Å². The molecule has 0 bridgehead atoms. The van der Waals surface area contributed by atoms with Crippen LogP contribution in [0.2, 0.25) is 0 Å². The molecule has 2 heterocycles. The highest BCUT2D eigenvalue weighted by Crippen LogP contribution is 2.18. The summed E-state index contributed by atoms with van der Waals surface area (Å²) in [6, 6.07) is 11.9. The van der Waals surface area contributed by atoms with Crippen molar-refractivity contribution in [1.82, 2.24) is 10.2 Å². The Bertz CT molecular complexity index is 411. The molecule has 2 saturated heterocycles. The van der Waals surface area contributed by atoms with Gasteiger partial charge in [0.05, 0.1) is 13.2 Å². The van der Waals surface area contributed by atoms with Crippen LogP contribution in [0.5, 0.6) is 0 Å². The van der Waals surface area contributed by atoms with E-state index < -0.39 is 0 Å². The molecular weight excluding hydrogens is 262 g/mol. The third kappa shape index (κ3) is 3.96. The van der Waals surface area contributed by atoms with Crippen LogP contribution in [0.3, 0.4) is 0 Å². The van der Waals surface area contributed by atoms with Gasteiger partial charge in [-0.2, -0.15) is 0 Å². The Morgan fingerprint density at radius 2 is 1.95 bits per heavy atom. The van der Waals surface area contributed by atoms with Crippen molar-refractivity contribution in [3.05, 3.63) is 30.3 Å². The topological polar surface area (TPSA) is 27.7 Å². The summed E-state index contributed by atoms with van der Waals surface area (Å²) in [5.74, 6) is 0. The van der Waals surface area contributed by atoms with Gasteiger partial charge in [-0.15, -0.1) is 0 Å². The van der Waals surface area contributed by atoms with Crippen LogP contribution >= 0.6 is 0 Å². The number of hydrogen-bond acceptors (Lipinski definition) is 4. The summed E-state index contributed by atoms with van der Waals surface area (Å²) < 4.78 is 5.56. The molecule has 2 aliphatic heterocycles. The van der Waals surface area contributed by atoms with Gasteiger partial charge < -0.3 is 15.0 Å². The minimum atomic E-state index is 0.529. The fourth-order valence-electron chi connectivity index (χ4n) is 3.39. The lowest BCUT2D eigenvalue weighted by Gasteiger charge is -2.40. The Balaban J connectivity index is 1.46. The molecule has 0 radical (unpaired) electrons. The van der Waals surface area contributed by atoms with Gasteiger partial charge in [0, 0.05) is 50.5 Å². The van der Waals surface area contributed by atoms with E-state index in [0.717, 1.165) is 45.9 Å². The second-order valence-electron chi connectivity index (χ2n) is 6.17. The summed E-state index contributed by atoms with van der Waals surface area (Å²) in [6.45, 7) is 9.65. The Hall–Kier alpha value is -1.10. The maximum Gasteiger partial charge on any atom is 0.0620 e. The number of nitrogens with one attached hydrogen (secondary N) is 1. The van der Waals surface area contributed by atoms with Crippen LogP contribution in [0.15, 0.2) is 30.3 Å². The molecule has 3 rings (SSSR count). The molecule has 0 saturated carbocycles. The molecule has 0 spiro atoms.